The second-order valence-electron chi connectivity index (χ2n) is 8.52. The fourth-order valence-electron chi connectivity index (χ4n) is 4.31. The molecule has 0 amide bonds. The van der Waals surface area contributed by atoms with E-state index in [2.05, 4.69) is 58.9 Å². The standard InChI is InChI=1S/C22H37N3O/c1-19(2)8-11-24-13-10-21(22(26)18-24)25-16-14-23(15-17-25)12-9-20-6-4-3-5-7-20/h3-7,19,21-22,26H,8-18H2,1-2H3/t21-,22-/m0/s1. The number of rotatable bonds is 7. The van der Waals surface area contributed by atoms with Crippen molar-refractivity contribution in [2.45, 2.75) is 45.3 Å². The van der Waals surface area contributed by atoms with E-state index in [0.717, 1.165) is 71.1 Å². The molecule has 0 aliphatic carbocycles. The predicted octanol–water partition coefficient (Wildman–Crippen LogP) is 2.33. The van der Waals surface area contributed by atoms with Crippen molar-refractivity contribution in [2.75, 3.05) is 52.4 Å². The average Bonchev–Trinajstić information content (AvgIpc) is 2.66. The van der Waals surface area contributed by atoms with Crippen molar-refractivity contribution in [1.29, 1.82) is 0 Å². The maximum absolute atomic E-state index is 10.7. The van der Waals surface area contributed by atoms with Gasteiger partial charge in [0.05, 0.1) is 6.10 Å². The van der Waals surface area contributed by atoms with Crippen molar-refractivity contribution < 1.29 is 5.11 Å². The Labute approximate surface area is 159 Å². The molecule has 0 radical (unpaired) electrons. The summed E-state index contributed by atoms with van der Waals surface area (Å²) in [5.74, 6) is 0.744. The van der Waals surface area contributed by atoms with Crippen LogP contribution in [-0.2, 0) is 6.42 Å². The Bertz CT molecular complexity index is 513. The van der Waals surface area contributed by atoms with E-state index >= 15 is 0 Å². The number of benzene rings is 1. The van der Waals surface area contributed by atoms with Gasteiger partial charge in [-0.25, -0.2) is 0 Å². The molecule has 26 heavy (non-hydrogen) atoms. The molecule has 0 saturated carbocycles. The van der Waals surface area contributed by atoms with Gasteiger partial charge in [0.2, 0.25) is 0 Å². The lowest BCUT2D eigenvalue weighted by Crippen LogP contribution is -2.59. The SMILES string of the molecule is CC(C)CCN1CC[C@H](N2CCN(CCc3ccccc3)CC2)[C@@H](O)C1. The molecule has 2 aliphatic heterocycles. The van der Waals surface area contributed by atoms with E-state index in [1.54, 1.807) is 0 Å². The number of likely N-dealkylation sites (tertiary alicyclic amines) is 1. The minimum absolute atomic E-state index is 0.188. The Morgan fingerprint density at radius 3 is 2.35 bits per heavy atom. The molecule has 3 rings (SSSR count). The van der Waals surface area contributed by atoms with Crippen molar-refractivity contribution in [2.24, 2.45) is 5.92 Å². The molecule has 2 saturated heterocycles. The van der Waals surface area contributed by atoms with Gasteiger partial charge >= 0.3 is 0 Å². The molecule has 4 nitrogen and oxygen atoms in total. The molecule has 0 aromatic heterocycles. The van der Waals surface area contributed by atoms with Crippen molar-refractivity contribution in [3.05, 3.63) is 35.9 Å². The molecule has 1 aromatic carbocycles. The summed E-state index contributed by atoms with van der Waals surface area (Å²) in [6.45, 7) is 13.3. The van der Waals surface area contributed by atoms with Crippen LogP contribution in [0.4, 0.5) is 0 Å². The first-order valence-electron chi connectivity index (χ1n) is 10.5. The zero-order valence-electron chi connectivity index (χ0n) is 16.7. The predicted molar refractivity (Wildman–Crippen MR) is 108 cm³/mol. The summed E-state index contributed by atoms with van der Waals surface area (Å²) >= 11 is 0. The third-order valence-corrected chi connectivity index (χ3v) is 6.09. The molecule has 2 fully saturated rings. The number of nitrogens with zero attached hydrogens (tertiary/aromatic N) is 3. The van der Waals surface area contributed by atoms with Gasteiger partial charge in [0.1, 0.15) is 0 Å². The average molecular weight is 360 g/mol. The molecule has 0 bridgehead atoms. The second kappa shape index (κ2) is 9.84. The Kier molecular flexibility index (Phi) is 7.50. The number of aliphatic hydroxyl groups excluding tert-OH is 1. The summed E-state index contributed by atoms with van der Waals surface area (Å²) in [6, 6.07) is 11.1. The highest BCUT2D eigenvalue weighted by Crippen LogP contribution is 2.20. The van der Waals surface area contributed by atoms with Crippen LogP contribution in [0.1, 0.15) is 32.3 Å². The van der Waals surface area contributed by atoms with E-state index in [9.17, 15) is 5.11 Å². The highest BCUT2D eigenvalue weighted by molar-refractivity contribution is 5.14. The molecule has 146 valence electrons. The molecule has 4 heteroatoms. The fraction of sp³-hybridized carbons (Fsp3) is 0.727. The van der Waals surface area contributed by atoms with Crippen LogP contribution < -0.4 is 0 Å². The lowest BCUT2D eigenvalue weighted by atomic mass is 9.98. The van der Waals surface area contributed by atoms with Crippen molar-refractivity contribution in [3.63, 3.8) is 0 Å². The van der Waals surface area contributed by atoms with Crippen LogP contribution in [0.2, 0.25) is 0 Å². The molecular formula is C22H37N3O. The van der Waals surface area contributed by atoms with Crippen LogP contribution >= 0.6 is 0 Å². The molecule has 1 N–H and O–H groups in total. The zero-order chi connectivity index (χ0) is 18.4. The van der Waals surface area contributed by atoms with Crippen LogP contribution in [0.15, 0.2) is 30.3 Å². The van der Waals surface area contributed by atoms with Gasteiger partial charge < -0.3 is 14.9 Å². The Morgan fingerprint density at radius 1 is 0.962 bits per heavy atom. The molecule has 0 unspecified atom stereocenters. The van der Waals surface area contributed by atoms with Crippen LogP contribution in [0.5, 0.6) is 0 Å². The highest BCUT2D eigenvalue weighted by atomic mass is 16.3. The van der Waals surface area contributed by atoms with E-state index in [1.165, 1.54) is 12.0 Å². The molecule has 1 aromatic rings. The quantitative estimate of drug-likeness (QED) is 0.809. The van der Waals surface area contributed by atoms with Crippen LogP contribution in [0, 0.1) is 5.92 Å². The zero-order valence-corrected chi connectivity index (χ0v) is 16.7. The highest BCUT2D eigenvalue weighted by Gasteiger charge is 2.33. The summed E-state index contributed by atoms with van der Waals surface area (Å²) < 4.78 is 0. The number of hydrogen-bond acceptors (Lipinski definition) is 4. The van der Waals surface area contributed by atoms with E-state index in [4.69, 9.17) is 0 Å². The monoisotopic (exact) mass is 359 g/mol. The second-order valence-corrected chi connectivity index (χ2v) is 8.52. The van der Waals surface area contributed by atoms with Gasteiger partial charge in [-0.1, -0.05) is 44.2 Å². The largest absolute Gasteiger partial charge is 0.390 e. The van der Waals surface area contributed by atoms with Gasteiger partial charge in [-0.2, -0.15) is 0 Å². The first-order valence-corrected chi connectivity index (χ1v) is 10.5. The molecule has 2 aliphatic rings. The molecule has 0 spiro atoms. The Hall–Kier alpha value is -0.940. The maximum Gasteiger partial charge on any atom is 0.0822 e. The normalized spacial score (nSPS) is 26.5. The third kappa shape index (κ3) is 5.78. The number of aliphatic hydroxyl groups is 1. The lowest BCUT2D eigenvalue weighted by molar-refractivity contribution is -0.0295. The Balaban J connectivity index is 1.38. The lowest BCUT2D eigenvalue weighted by Gasteiger charge is -2.45. The van der Waals surface area contributed by atoms with Crippen molar-refractivity contribution in [3.8, 4) is 0 Å². The van der Waals surface area contributed by atoms with Gasteiger partial charge in [-0.3, -0.25) is 4.90 Å². The third-order valence-electron chi connectivity index (χ3n) is 6.09. The van der Waals surface area contributed by atoms with E-state index < -0.39 is 0 Å². The minimum atomic E-state index is -0.188. The molecular weight excluding hydrogens is 322 g/mol. The first-order chi connectivity index (χ1) is 12.6. The number of piperazine rings is 1. The minimum Gasteiger partial charge on any atom is -0.390 e. The van der Waals surface area contributed by atoms with Gasteiger partial charge in [0.15, 0.2) is 0 Å². The van der Waals surface area contributed by atoms with Gasteiger partial charge in [0.25, 0.3) is 0 Å². The summed E-state index contributed by atoms with van der Waals surface area (Å²) in [6.07, 6.45) is 3.30. The topological polar surface area (TPSA) is 30.0 Å². The summed E-state index contributed by atoms with van der Waals surface area (Å²) in [4.78, 5) is 7.58. The van der Waals surface area contributed by atoms with E-state index in [1.807, 2.05) is 0 Å². The van der Waals surface area contributed by atoms with E-state index in [0.29, 0.717) is 6.04 Å². The van der Waals surface area contributed by atoms with Gasteiger partial charge in [-0.15, -0.1) is 0 Å². The van der Waals surface area contributed by atoms with Crippen LogP contribution in [0.3, 0.4) is 0 Å². The number of β-amino-alcohol motifs (C(OH)–C–C–N with tert-alkyl or cyclic N) is 1. The van der Waals surface area contributed by atoms with Crippen LogP contribution in [0.25, 0.3) is 0 Å². The van der Waals surface area contributed by atoms with Crippen molar-refractivity contribution in [1.82, 2.24) is 14.7 Å². The number of hydrogen-bond donors (Lipinski definition) is 1. The number of piperidine rings is 1. The molecule has 2 heterocycles. The fourth-order valence-corrected chi connectivity index (χ4v) is 4.31. The van der Waals surface area contributed by atoms with E-state index in [-0.39, 0.29) is 6.10 Å². The summed E-state index contributed by atoms with van der Waals surface area (Å²) in [5, 5.41) is 10.7. The summed E-state index contributed by atoms with van der Waals surface area (Å²) in [5.41, 5.74) is 1.43. The summed E-state index contributed by atoms with van der Waals surface area (Å²) in [7, 11) is 0. The first kappa shape index (κ1) is 19.8. The maximum atomic E-state index is 10.7. The Morgan fingerprint density at radius 2 is 1.69 bits per heavy atom. The van der Waals surface area contributed by atoms with Crippen LogP contribution in [-0.4, -0.2) is 84.3 Å². The van der Waals surface area contributed by atoms with Gasteiger partial charge in [-0.05, 0) is 43.8 Å². The van der Waals surface area contributed by atoms with Gasteiger partial charge in [0, 0.05) is 45.3 Å². The smallest absolute Gasteiger partial charge is 0.0822 e. The molecule has 2 atom stereocenters. The van der Waals surface area contributed by atoms with Crippen molar-refractivity contribution >= 4 is 0 Å².